The van der Waals surface area contributed by atoms with Gasteiger partial charge in [0.05, 0.1) is 12.6 Å². The van der Waals surface area contributed by atoms with E-state index in [9.17, 15) is 19.2 Å². The summed E-state index contributed by atoms with van der Waals surface area (Å²) in [7, 11) is 0. The Morgan fingerprint density at radius 1 is 1.17 bits per heavy atom. The Balaban J connectivity index is 4.69. The highest BCUT2D eigenvalue weighted by atomic mass is 32.2. The Morgan fingerprint density at radius 2 is 1.79 bits per heavy atom. The van der Waals surface area contributed by atoms with Crippen LogP contribution in [0.15, 0.2) is 0 Å². The average Bonchev–Trinajstić information content (AvgIpc) is 2.53. The van der Waals surface area contributed by atoms with E-state index in [0.717, 1.165) is 0 Å². The van der Waals surface area contributed by atoms with Gasteiger partial charge in [-0.1, -0.05) is 0 Å². The number of hydrogen-bond acceptors (Lipinski definition) is 7. The molecule has 0 spiro atoms. The zero-order chi connectivity index (χ0) is 18.7. The molecule has 11 heteroatoms. The number of carbonyl (C=O) groups is 4. The Labute approximate surface area is 150 Å². The van der Waals surface area contributed by atoms with Gasteiger partial charge in [-0.3, -0.25) is 14.4 Å². The number of thioether (sulfide) groups is 1. The van der Waals surface area contributed by atoms with E-state index in [1.165, 1.54) is 18.7 Å². The summed E-state index contributed by atoms with van der Waals surface area (Å²) in [5.74, 6) is -2.37. The first-order chi connectivity index (χ1) is 11.2. The number of hydrogen-bond donors (Lipinski definition) is 6. The number of nitrogens with two attached hydrogens (primary N) is 1. The van der Waals surface area contributed by atoms with Crippen LogP contribution in [0.5, 0.6) is 0 Å². The number of aliphatic carboxylic acids is 1. The van der Waals surface area contributed by atoms with Crippen molar-refractivity contribution < 1.29 is 24.3 Å². The molecule has 6 N–H and O–H groups in total. The molecule has 0 aromatic heterocycles. The summed E-state index contributed by atoms with van der Waals surface area (Å²) in [6.45, 7) is 1.16. The lowest BCUT2D eigenvalue weighted by Gasteiger charge is -2.20. The molecule has 0 aliphatic heterocycles. The van der Waals surface area contributed by atoms with E-state index in [1.54, 1.807) is 0 Å². The maximum atomic E-state index is 12.2. The van der Waals surface area contributed by atoms with Crippen molar-refractivity contribution in [1.82, 2.24) is 16.0 Å². The molecule has 24 heavy (non-hydrogen) atoms. The van der Waals surface area contributed by atoms with E-state index in [2.05, 4.69) is 28.6 Å². The Morgan fingerprint density at radius 3 is 2.25 bits per heavy atom. The van der Waals surface area contributed by atoms with E-state index in [4.69, 9.17) is 10.8 Å². The van der Waals surface area contributed by atoms with Gasteiger partial charge < -0.3 is 26.8 Å². The zero-order valence-corrected chi connectivity index (χ0v) is 15.3. The van der Waals surface area contributed by atoms with E-state index in [0.29, 0.717) is 12.2 Å². The summed E-state index contributed by atoms with van der Waals surface area (Å²) in [6, 6.07) is -2.80. The summed E-state index contributed by atoms with van der Waals surface area (Å²) in [5.41, 5.74) is 5.36. The van der Waals surface area contributed by atoms with Gasteiger partial charge >= 0.3 is 5.97 Å². The van der Waals surface area contributed by atoms with Crippen LogP contribution < -0.4 is 21.7 Å². The van der Waals surface area contributed by atoms with E-state index in [1.807, 2.05) is 6.26 Å². The molecule has 0 aromatic carbocycles. The maximum Gasteiger partial charge on any atom is 0.327 e. The number of amides is 3. The van der Waals surface area contributed by atoms with Crippen molar-refractivity contribution in [3.05, 3.63) is 0 Å². The van der Waals surface area contributed by atoms with Gasteiger partial charge in [-0.05, 0) is 25.4 Å². The third-order valence-electron chi connectivity index (χ3n) is 2.90. The van der Waals surface area contributed by atoms with Crippen molar-refractivity contribution >= 4 is 48.1 Å². The second-order valence-electron chi connectivity index (χ2n) is 4.99. The van der Waals surface area contributed by atoms with Gasteiger partial charge in [0.1, 0.15) is 12.1 Å². The summed E-state index contributed by atoms with van der Waals surface area (Å²) < 4.78 is 0. The lowest BCUT2D eigenvalue weighted by Crippen LogP contribution is -2.54. The fourth-order valence-electron chi connectivity index (χ4n) is 1.54. The van der Waals surface area contributed by atoms with Crippen LogP contribution in [0.2, 0.25) is 0 Å². The van der Waals surface area contributed by atoms with Crippen molar-refractivity contribution in [2.24, 2.45) is 5.73 Å². The van der Waals surface area contributed by atoms with E-state index >= 15 is 0 Å². The molecule has 9 nitrogen and oxygen atoms in total. The monoisotopic (exact) mass is 380 g/mol. The highest BCUT2D eigenvalue weighted by Gasteiger charge is 2.25. The summed E-state index contributed by atoms with van der Waals surface area (Å²) in [6.07, 6.45) is 2.16. The van der Waals surface area contributed by atoms with Crippen molar-refractivity contribution in [2.75, 3.05) is 24.3 Å². The molecule has 3 unspecified atom stereocenters. The van der Waals surface area contributed by atoms with Crippen LogP contribution in [0.1, 0.15) is 13.3 Å². The van der Waals surface area contributed by atoms with E-state index < -0.39 is 41.8 Å². The molecule has 0 saturated carbocycles. The first-order valence-corrected chi connectivity index (χ1v) is 9.21. The minimum Gasteiger partial charge on any atom is -0.480 e. The highest BCUT2D eigenvalue weighted by molar-refractivity contribution is 7.98. The summed E-state index contributed by atoms with van der Waals surface area (Å²) in [5, 5.41) is 16.1. The maximum absolute atomic E-state index is 12.2. The minimum absolute atomic E-state index is 0.0747. The topological polar surface area (TPSA) is 151 Å². The number of thiol groups is 1. The summed E-state index contributed by atoms with van der Waals surface area (Å²) >= 11 is 5.35. The number of rotatable bonds is 11. The van der Waals surface area contributed by atoms with Crippen molar-refractivity contribution in [3.63, 3.8) is 0 Å². The second-order valence-corrected chi connectivity index (χ2v) is 6.34. The van der Waals surface area contributed by atoms with Gasteiger partial charge in [0, 0.05) is 5.75 Å². The van der Waals surface area contributed by atoms with Crippen molar-refractivity contribution in [1.29, 1.82) is 0 Å². The Bertz CT molecular complexity index is 462. The fraction of sp³-hybridized carbons (Fsp3) is 0.692. The van der Waals surface area contributed by atoms with Gasteiger partial charge in [0.25, 0.3) is 0 Å². The molecule has 3 atom stereocenters. The molecule has 0 fully saturated rings. The molecular formula is C13H24N4O5S2. The van der Waals surface area contributed by atoms with Crippen LogP contribution in [0, 0.1) is 0 Å². The van der Waals surface area contributed by atoms with Gasteiger partial charge in [0.2, 0.25) is 17.7 Å². The third kappa shape index (κ3) is 8.99. The lowest BCUT2D eigenvalue weighted by atomic mass is 10.2. The first kappa shape index (κ1) is 22.5. The normalized spacial score (nSPS) is 14.2. The van der Waals surface area contributed by atoms with Gasteiger partial charge in [-0.15, -0.1) is 0 Å². The SMILES string of the molecule is CSCCC(NC(=O)CNC(=O)C(C)N)C(=O)NC(CS)C(=O)O. The molecule has 0 aliphatic rings. The molecule has 0 aliphatic carbocycles. The van der Waals surface area contributed by atoms with Crippen molar-refractivity contribution in [2.45, 2.75) is 31.5 Å². The van der Waals surface area contributed by atoms with E-state index in [-0.39, 0.29) is 12.3 Å². The predicted octanol–water partition coefficient (Wildman–Crippen LogP) is -1.81. The van der Waals surface area contributed by atoms with Crippen LogP contribution >= 0.6 is 24.4 Å². The fourth-order valence-corrected chi connectivity index (χ4v) is 2.25. The molecule has 0 bridgehead atoms. The number of carbonyl (C=O) groups excluding carboxylic acids is 3. The lowest BCUT2D eigenvalue weighted by molar-refractivity contribution is -0.141. The molecule has 0 heterocycles. The van der Waals surface area contributed by atoms with Crippen molar-refractivity contribution in [3.8, 4) is 0 Å². The highest BCUT2D eigenvalue weighted by Crippen LogP contribution is 2.02. The third-order valence-corrected chi connectivity index (χ3v) is 3.91. The quantitative estimate of drug-likeness (QED) is 0.231. The van der Waals surface area contributed by atoms with Crippen LogP contribution in [0.25, 0.3) is 0 Å². The predicted molar refractivity (Wildman–Crippen MR) is 95.0 cm³/mol. The van der Waals surface area contributed by atoms with Gasteiger partial charge in [-0.2, -0.15) is 24.4 Å². The Kier molecular flexibility index (Phi) is 11.3. The van der Waals surface area contributed by atoms with Gasteiger partial charge in [0.15, 0.2) is 0 Å². The van der Waals surface area contributed by atoms with Crippen LogP contribution in [0.4, 0.5) is 0 Å². The molecular weight excluding hydrogens is 356 g/mol. The number of carboxylic acid groups (broad SMARTS) is 1. The molecule has 3 amide bonds. The van der Waals surface area contributed by atoms with Crippen LogP contribution in [-0.4, -0.2) is 71.2 Å². The molecule has 0 radical (unpaired) electrons. The summed E-state index contributed by atoms with van der Waals surface area (Å²) in [4.78, 5) is 46.3. The van der Waals surface area contributed by atoms with Crippen LogP contribution in [-0.2, 0) is 19.2 Å². The zero-order valence-electron chi connectivity index (χ0n) is 13.6. The molecule has 0 saturated heterocycles. The number of carboxylic acids is 1. The molecule has 0 aromatic rings. The Hall–Kier alpha value is -1.46. The minimum atomic E-state index is -1.21. The average molecular weight is 380 g/mol. The largest absolute Gasteiger partial charge is 0.480 e. The standard InChI is InChI=1S/C13H24N4O5S2/c1-7(14)11(19)15-5-10(18)16-8(3-4-24-2)12(20)17-9(6-23)13(21)22/h7-9,23H,3-6,14H2,1-2H3,(H,15,19)(H,16,18)(H,17,20)(H,21,22). The smallest absolute Gasteiger partial charge is 0.327 e. The molecule has 0 rings (SSSR count). The second kappa shape index (κ2) is 12.0. The molecule has 138 valence electrons. The number of nitrogens with one attached hydrogen (secondary N) is 3. The first-order valence-electron chi connectivity index (χ1n) is 7.18. The van der Waals surface area contributed by atoms with Gasteiger partial charge in [-0.25, -0.2) is 4.79 Å². The van der Waals surface area contributed by atoms with Crippen LogP contribution in [0.3, 0.4) is 0 Å².